The largest absolute Gasteiger partial charge is 0.389 e. The first-order chi connectivity index (χ1) is 10.4. The highest BCUT2D eigenvalue weighted by atomic mass is 16.6. The summed E-state index contributed by atoms with van der Waals surface area (Å²) in [5.74, 6) is 1.27. The standard InChI is InChI=1S/C15H24N4O3/c1-10(2)12-5-4-11(3)8-13(12)16-15(20)9-18-7-6-14(17-18)19(21)22/h6-7,10-13H,4-5,8-9H2,1-3H3,(H,16,20). The third-order valence-electron chi connectivity index (χ3n) is 4.49. The van der Waals surface area contributed by atoms with Gasteiger partial charge in [0.05, 0.1) is 17.4 Å². The third kappa shape index (κ3) is 4.05. The normalized spacial score (nSPS) is 25.2. The Kier molecular flexibility index (Phi) is 5.15. The Balaban J connectivity index is 1.95. The molecule has 7 heteroatoms. The Morgan fingerprint density at radius 3 is 2.86 bits per heavy atom. The van der Waals surface area contributed by atoms with Crippen LogP contribution in [0.2, 0.25) is 0 Å². The molecule has 0 aliphatic heterocycles. The van der Waals surface area contributed by atoms with E-state index in [0.717, 1.165) is 12.8 Å². The molecule has 7 nitrogen and oxygen atoms in total. The zero-order chi connectivity index (χ0) is 16.3. The van der Waals surface area contributed by atoms with Gasteiger partial charge in [-0.2, -0.15) is 4.68 Å². The lowest BCUT2D eigenvalue weighted by molar-refractivity contribution is -0.389. The molecular weight excluding hydrogens is 284 g/mol. The number of rotatable bonds is 5. The van der Waals surface area contributed by atoms with Gasteiger partial charge in [0.1, 0.15) is 6.54 Å². The zero-order valence-corrected chi connectivity index (χ0v) is 13.4. The van der Waals surface area contributed by atoms with E-state index in [1.54, 1.807) is 0 Å². The van der Waals surface area contributed by atoms with Crippen molar-refractivity contribution >= 4 is 11.7 Å². The molecule has 1 fully saturated rings. The lowest BCUT2D eigenvalue weighted by atomic mass is 9.74. The van der Waals surface area contributed by atoms with Crippen molar-refractivity contribution in [2.75, 3.05) is 0 Å². The minimum absolute atomic E-state index is 0.0174. The van der Waals surface area contributed by atoms with Gasteiger partial charge >= 0.3 is 5.82 Å². The average Bonchev–Trinajstić information content (AvgIpc) is 2.86. The molecule has 1 aromatic rings. The molecule has 0 saturated heterocycles. The first-order valence-electron chi connectivity index (χ1n) is 7.84. The minimum atomic E-state index is -0.563. The highest BCUT2D eigenvalue weighted by Gasteiger charge is 2.31. The monoisotopic (exact) mass is 308 g/mol. The maximum atomic E-state index is 12.2. The second-order valence-corrected chi connectivity index (χ2v) is 6.63. The topological polar surface area (TPSA) is 90.1 Å². The Bertz CT molecular complexity index is 541. The lowest BCUT2D eigenvalue weighted by Crippen LogP contribution is -2.46. The van der Waals surface area contributed by atoms with Crippen molar-refractivity contribution in [3.8, 4) is 0 Å². The highest BCUT2D eigenvalue weighted by molar-refractivity contribution is 5.76. The molecule has 3 unspecified atom stereocenters. The van der Waals surface area contributed by atoms with Gasteiger partial charge in [0.15, 0.2) is 0 Å². The molecular formula is C15H24N4O3. The fourth-order valence-electron chi connectivity index (χ4n) is 3.30. The summed E-state index contributed by atoms with van der Waals surface area (Å²) in [6, 6.07) is 1.48. The summed E-state index contributed by atoms with van der Waals surface area (Å²) in [4.78, 5) is 22.2. The molecule has 3 atom stereocenters. The van der Waals surface area contributed by atoms with Gasteiger partial charge in [-0.05, 0) is 35.5 Å². The van der Waals surface area contributed by atoms with Gasteiger partial charge in [0.2, 0.25) is 5.91 Å². The third-order valence-corrected chi connectivity index (χ3v) is 4.49. The predicted molar refractivity (Wildman–Crippen MR) is 82.2 cm³/mol. The van der Waals surface area contributed by atoms with Gasteiger partial charge in [-0.25, -0.2) is 0 Å². The molecule has 1 N–H and O–H groups in total. The first kappa shape index (κ1) is 16.5. The Morgan fingerprint density at radius 1 is 1.55 bits per heavy atom. The number of nitrogens with one attached hydrogen (secondary N) is 1. The van der Waals surface area contributed by atoms with Crippen LogP contribution in [0.3, 0.4) is 0 Å². The molecule has 0 aromatic carbocycles. The second kappa shape index (κ2) is 6.89. The molecule has 22 heavy (non-hydrogen) atoms. The Labute approximate surface area is 130 Å². The van der Waals surface area contributed by atoms with Crippen LogP contribution in [0, 0.1) is 27.9 Å². The molecule has 1 aliphatic carbocycles. The fourth-order valence-corrected chi connectivity index (χ4v) is 3.30. The van der Waals surface area contributed by atoms with Gasteiger partial charge in [0, 0.05) is 6.04 Å². The second-order valence-electron chi connectivity index (χ2n) is 6.63. The van der Waals surface area contributed by atoms with Crippen molar-refractivity contribution in [2.24, 2.45) is 17.8 Å². The van der Waals surface area contributed by atoms with E-state index < -0.39 is 4.92 Å². The Hall–Kier alpha value is -1.92. The fraction of sp³-hybridized carbons (Fsp3) is 0.733. The van der Waals surface area contributed by atoms with E-state index in [2.05, 4.69) is 31.2 Å². The summed E-state index contributed by atoms with van der Waals surface area (Å²) in [7, 11) is 0. The Morgan fingerprint density at radius 2 is 2.27 bits per heavy atom. The molecule has 0 spiro atoms. The molecule has 2 rings (SSSR count). The van der Waals surface area contributed by atoms with Crippen molar-refractivity contribution in [1.29, 1.82) is 0 Å². The van der Waals surface area contributed by atoms with Crippen molar-refractivity contribution < 1.29 is 9.72 Å². The van der Waals surface area contributed by atoms with Crippen LogP contribution in [0.1, 0.15) is 40.0 Å². The van der Waals surface area contributed by atoms with Crippen LogP contribution >= 0.6 is 0 Å². The van der Waals surface area contributed by atoms with Crippen molar-refractivity contribution in [2.45, 2.75) is 52.6 Å². The first-order valence-corrected chi connectivity index (χ1v) is 7.84. The quantitative estimate of drug-likeness (QED) is 0.668. The number of hydrogen-bond donors (Lipinski definition) is 1. The average molecular weight is 308 g/mol. The summed E-state index contributed by atoms with van der Waals surface area (Å²) in [5, 5.41) is 17.5. The van der Waals surface area contributed by atoms with Crippen LogP contribution in [-0.4, -0.2) is 26.7 Å². The van der Waals surface area contributed by atoms with Gasteiger partial charge in [-0.1, -0.05) is 27.2 Å². The maximum Gasteiger partial charge on any atom is 0.389 e. The lowest BCUT2D eigenvalue weighted by Gasteiger charge is -2.37. The summed E-state index contributed by atoms with van der Waals surface area (Å²) >= 11 is 0. The molecule has 1 aromatic heterocycles. The van der Waals surface area contributed by atoms with Crippen molar-refractivity contribution in [1.82, 2.24) is 15.1 Å². The van der Waals surface area contributed by atoms with Gasteiger partial charge in [-0.15, -0.1) is 0 Å². The van der Waals surface area contributed by atoms with Crippen molar-refractivity contribution in [3.63, 3.8) is 0 Å². The van der Waals surface area contributed by atoms with E-state index in [0.29, 0.717) is 17.8 Å². The van der Waals surface area contributed by atoms with E-state index >= 15 is 0 Å². The molecule has 0 bridgehead atoms. The smallest absolute Gasteiger partial charge is 0.358 e. The number of carbonyl (C=O) groups excluding carboxylic acids is 1. The molecule has 1 saturated carbocycles. The molecule has 1 heterocycles. The minimum Gasteiger partial charge on any atom is -0.358 e. The zero-order valence-electron chi connectivity index (χ0n) is 13.4. The van der Waals surface area contributed by atoms with Gasteiger partial charge < -0.3 is 15.4 Å². The SMILES string of the molecule is CC1CCC(C(C)C)C(NC(=O)Cn2ccc([N+](=O)[O-])n2)C1. The van der Waals surface area contributed by atoms with Gasteiger partial charge in [-0.3, -0.25) is 4.79 Å². The van der Waals surface area contributed by atoms with Crippen LogP contribution in [0.4, 0.5) is 5.82 Å². The van der Waals surface area contributed by atoms with Crippen LogP contribution in [0.15, 0.2) is 12.3 Å². The molecule has 122 valence electrons. The number of nitrogens with zero attached hydrogens (tertiary/aromatic N) is 3. The predicted octanol–water partition coefficient (Wildman–Crippen LogP) is 2.37. The molecule has 0 radical (unpaired) electrons. The van der Waals surface area contributed by atoms with E-state index in [-0.39, 0.29) is 24.3 Å². The van der Waals surface area contributed by atoms with E-state index in [9.17, 15) is 14.9 Å². The summed E-state index contributed by atoms with van der Waals surface area (Å²) in [5.41, 5.74) is 0. The van der Waals surface area contributed by atoms with Crippen LogP contribution in [0.25, 0.3) is 0 Å². The van der Waals surface area contributed by atoms with Crippen LogP contribution in [-0.2, 0) is 11.3 Å². The highest BCUT2D eigenvalue weighted by Crippen LogP contribution is 2.33. The number of carbonyl (C=O) groups is 1. The summed E-state index contributed by atoms with van der Waals surface area (Å²) < 4.78 is 1.31. The number of aromatic nitrogens is 2. The van der Waals surface area contributed by atoms with E-state index in [1.807, 2.05) is 0 Å². The summed E-state index contributed by atoms with van der Waals surface area (Å²) in [6.45, 7) is 6.61. The number of nitro groups is 1. The maximum absolute atomic E-state index is 12.2. The molecule has 1 aliphatic rings. The van der Waals surface area contributed by atoms with Crippen LogP contribution < -0.4 is 5.32 Å². The van der Waals surface area contributed by atoms with E-state index in [1.165, 1.54) is 23.4 Å². The van der Waals surface area contributed by atoms with Gasteiger partial charge in [0.25, 0.3) is 0 Å². The van der Waals surface area contributed by atoms with E-state index in [4.69, 9.17) is 0 Å². The molecule has 1 amide bonds. The number of amides is 1. The van der Waals surface area contributed by atoms with Crippen LogP contribution in [0.5, 0.6) is 0 Å². The van der Waals surface area contributed by atoms with Crippen molar-refractivity contribution in [3.05, 3.63) is 22.4 Å². The summed E-state index contributed by atoms with van der Waals surface area (Å²) in [6.07, 6.45) is 4.80. The number of hydrogen-bond acceptors (Lipinski definition) is 4.